The number of aromatic nitrogens is 2. The number of hydrogen-bond acceptors (Lipinski definition) is 4. The number of hydrogen-bond donors (Lipinski definition) is 1. The van der Waals surface area contributed by atoms with Crippen molar-refractivity contribution in [1.29, 1.82) is 0 Å². The van der Waals surface area contributed by atoms with E-state index < -0.39 is 5.41 Å². The Morgan fingerprint density at radius 2 is 2.08 bits per heavy atom. The van der Waals surface area contributed by atoms with Crippen molar-refractivity contribution in [2.75, 3.05) is 5.32 Å². The molecule has 25 heavy (non-hydrogen) atoms. The number of fused-ring (bicyclic) bond motifs is 4. The Kier molecular flexibility index (Phi) is 2.83. The molecule has 1 aliphatic heterocycles. The quantitative estimate of drug-likeness (QED) is 0.697. The van der Waals surface area contributed by atoms with Gasteiger partial charge >= 0.3 is 0 Å². The van der Waals surface area contributed by atoms with Crippen LogP contribution in [0, 0.1) is 0 Å². The number of benzene rings is 1. The molecule has 0 saturated carbocycles. The molecule has 5 heteroatoms. The minimum atomic E-state index is -0.542. The van der Waals surface area contributed by atoms with E-state index in [4.69, 9.17) is 0 Å². The lowest BCUT2D eigenvalue weighted by Gasteiger charge is -2.33. The Balaban J connectivity index is 1.66. The third kappa shape index (κ3) is 1.95. The van der Waals surface area contributed by atoms with E-state index in [1.807, 2.05) is 18.2 Å². The summed E-state index contributed by atoms with van der Waals surface area (Å²) >= 11 is 0. The van der Waals surface area contributed by atoms with Crippen molar-refractivity contribution in [3.63, 3.8) is 0 Å². The van der Waals surface area contributed by atoms with Crippen LogP contribution in [0.3, 0.4) is 0 Å². The van der Waals surface area contributed by atoms with Gasteiger partial charge in [-0.25, -0.2) is 4.98 Å². The highest BCUT2D eigenvalue weighted by Gasteiger charge is 2.48. The molecule has 2 aliphatic rings. The summed E-state index contributed by atoms with van der Waals surface area (Å²) in [6, 6.07) is 9.90. The standard InChI is InChI=1S/C20H15N3O2/c24-11-12-6-14-7-15-9-20(4-3-13(15)8-17(14)22-10-12)16-2-1-5-21-18(16)23-19(20)25/h1-2,5-8,10-11H,3-4,9H2,(H,21,23,25)/t20-/m1/s1. The van der Waals surface area contributed by atoms with Gasteiger partial charge in [0, 0.05) is 28.9 Å². The molecule has 1 atom stereocenters. The van der Waals surface area contributed by atoms with Crippen LogP contribution in [-0.2, 0) is 23.1 Å². The highest BCUT2D eigenvalue weighted by atomic mass is 16.2. The molecule has 3 aromatic rings. The molecule has 1 amide bonds. The van der Waals surface area contributed by atoms with Crippen LogP contribution in [0.4, 0.5) is 5.82 Å². The molecule has 1 aliphatic carbocycles. The smallest absolute Gasteiger partial charge is 0.236 e. The van der Waals surface area contributed by atoms with Crippen molar-refractivity contribution in [2.24, 2.45) is 0 Å². The van der Waals surface area contributed by atoms with Gasteiger partial charge in [-0.05, 0) is 54.7 Å². The number of carbonyl (C=O) groups excluding carboxylic acids is 2. The number of carbonyl (C=O) groups is 2. The number of anilines is 1. The molecule has 122 valence electrons. The molecule has 3 heterocycles. The first-order valence-electron chi connectivity index (χ1n) is 8.33. The Hall–Kier alpha value is -3.08. The molecule has 2 aromatic heterocycles. The second kappa shape index (κ2) is 4.96. The second-order valence-electron chi connectivity index (χ2n) is 6.81. The summed E-state index contributed by atoms with van der Waals surface area (Å²) in [5.41, 5.74) is 4.28. The van der Waals surface area contributed by atoms with Gasteiger partial charge in [0.25, 0.3) is 0 Å². The lowest BCUT2D eigenvalue weighted by molar-refractivity contribution is -0.121. The number of nitrogens with zero attached hydrogens (tertiary/aromatic N) is 2. The summed E-state index contributed by atoms with van der Waals surface area (Å²) in [6.45, 7) is 0. The average molecular weight is 329 g/mol. The van der Waals surface area contributed by atoms with Gasteiger partial charge in [0.1, 0.15) is 5.82 Å². The molecule has 5 nitrogen and oxygen atoms in total. The zero-order chi connectivity index (χ0) is 17.0. The van der Waals surface area contributed by atoms with Crippen molar-refractivity contribution in [3.05, 3.63) is 65.0 Å². The van der Waals surface area contributed by atoms with E-state index in [1.54, 1.807) is 12.4 Å². The molecular formula is C20H15N3O2. The third-order valence-corrected chi connectivity index (χ3v) is 5.46. The lowest BCUT2D eigenvalue weighted by Crippen LogP contribution is -2.40. The number of aryl methyl sites for hydroxylation is 1. The molecule has 0 bridgehead atoms. The fourth-order valence-corrected chi connectivity index (χ4v) is 4.17. The maximum atomic E-state index is 12.8. The number of aldehydes is 1. The summed E-state index contributed by atoms with van der Waals surface area (Å²) in [7, 11) is 0. The van der Waals surface area contributed by atoms with E-state index in [9.17, 15) is 9.59 Å². The Morgan fingerprint density at radius 1 is 1.16 bits per heavy atom. The summed E-state index contributed by atoms with van der Waals surface area (Å²) in [5, 5.41) is 3.87. The van der Waals surface area contributed by atoms with E-state index in [0.29, 0.717) is 17.8 Å². The molecule has 0 saturated heterocycles. The van der Waals surface area contributed by atoms with Gasteiger partial charge in [-0.2, -0.15) is 0 Å². The Morgan fingerprint density at radius 3 is 2.96 bits per heavy atom. The molecule has 1 spiro atoms. The van der Waals surface area contributed by atoms with Gasteiger partial charge in [-0.3, -0.25) is 14.6 Å². The first kappa shape index (κ1) is 14.3. The van der Waals surface area contributed by atoms with Crippen LogP contribution in [-0.4, -0.2) is 22.2 Å². The molecule has 0 unspecified atom stereocenters. The average Bonchev–Trinajstić information content (AvgIpc) is 2.91. The van der Waals surface area contributed by atoms with Crippen molar-refractivity contribution in [3.8, 4) is 0 Å². The van der Waals surface area contributed by atoms with Crippen molar-refractivity contribution >= 4 is 28.9 Å². The maximum absolute atomic E-state index is 12.8. The summed E-state index contributed by atoms with van der Waals surface area (Å²) < 4.78 is 0. The van der Waals surface area contributed by atoms with Crippen LogP contribution in [0.15, 0.2) is 42.7 Å². The number of pyridine rings is 2. The Bertz CT molecular complexity index is 1060. The van der Waals surface area contributed by atoms with Gasteiger partial charge < -0.3 is 5.32 Å². The minimum Gasteiger partial charge on any atom is -0.310 e. The van der Waals surface area contributed by atoms with E-state index in [2.05, 4.69) is 27.4 Å². The molecule has 5 rings (SSSR count). The summed E-state index contributed by atoms with van der Waals surface area (Å²) in [6.07, 6.45) is 6.34. The topological polar surface area (TPSA) is 72.0 Å². The highest BCUT2D eigenvalue weighted by molar-refractivity contribution is 6.05. The molecule has 1 aromatic carbocycles. The SMILES string of the molecule is O=Cc1cnc2cc3c(cc2c1)C[C@@]1(CC3)C(=O)Nc2ncccc21. The zero-order valence-electron chi connectivity index (χ0n) is 13.5. The fraction of sp³-hybridized carbons (Fsp3) is 0.200. The van der Waals surface area contributed by atoms with Gasteiger partial charge in [0.15, 0.2) is 6.29 Å². The van der Waals surface area contributed by atoms with E-state index in [1.165, 1.54) is 5.56 Å². The van der Waals surface area contributed by atoms with Gasteiger partial charge in [-0.1, -0.05) is 6.07 Å². The second-order valence-corrected chi connectivity index (χ2v) is 6.81. The molecule has 0 fully saturated rings. The van der Waals surface area contributed by atoms with Gasteiger partial charge in [0.05, 0.1) is 10.9 Å². The first-order valence-corrected chi connectivity index (χ1v) is 8.33. The van der Waals surface area contributed by atoms with Crippen molar-refractivity contribution in [2.45, 2.75) is 24.7 Å². The predicted molar refractivity (Wildman–Crippen MR) is 93.7 cm³/mol. The maximum Gasteiger partial charge on any atom is 0.236 e. The van der Waals surface area contributed by atoms with Crippen LogP contribution in [0.25, 0.3) is 10.9 Å². The molecule has 0 radical (unpaired) electrons. The molecular weight excluding hydrogens is 314 g/mol. The van der Waals surface area contributed by atoms with Crippen molar-refractivity contribution < 1.29 is 9.59 Å². The van der Waals surface area contributed by atoms with Gasteiger partial charge in [-0.15, -0.1) is 0 Å². The number of rotatable bonds is 1. The van der Waals surface area contributed by atoms with Crippen LogP contribution in [0.2, 0.25) is 0 Å². The molecule has 1 N–H and O–H groups in total. The van der Waals surface area contributed by atoms with E-state index in [0.717, 1.165) is 41.2 Å². The summed E-state index contributed by atoms with van der Waals surface area (Å²) in [5.74, 6) is 0.716. The predicted octanol–water partition coefficient (Wildman–Crippen LogP) is 2.82. The van der Waals surface area contributed by atoms with Crippen LogP contribution in [0.5, 0.6) is 0 Å². The monoisotopic (exact) mass is 329 g/mol. The largest absolute Gasteiger partial charge is 0.310 e. The van der Waals surface area contributed by atoms with Crippen molar-refractivity contribution in [1.82, 2.24) is 9.97 Å². The van der Waals surface area contributed by atoms with Crippen LogP contribution >= 0.6 is 0 Å². The van der Waals surface area contributed by atoms with Crippen LogP contribution < -0.4 is 5.32 Å². The number of amides is 1. The van der Waals surface area contributed by atoms with E-state index >= 15 is 0 Å². The lowest BCUT2D eigenvalue weighted by atomic mass is 9.68. The first-order chi connectivity index (χ1) is 12.2. The van der Waals surface area contributed by atoms with E-state index in [-0.39, 0.29) is 5.91 Å². The normalized spacial score (nSPS) is 21.0. The fourth-order valence-electron chi connectivity index (χ4n) is 4.17. The number of nitrogens with one attached hydrogen (secondary N) is 1. The van der Waals surface area contributed by atoms with Crippen LogP contribution in [0.1, 0.15) is 33.5 Å². The third-order valence-electron chi connectivity index (χ3n) is 5.46. The highest BCUT2D eigenvalue weighted by Crippen LogP contribution is 2.46. The minimum absolute atomic E-state index is 0.0340. The zero-order valence-corrected chi connectivity index (χ0v) is 13.5. The summed E-state index contributed by atoms with van der Waals surface area (Å²) in [4.78, 5) is 32.5. The van der Waals surface area contributed by atoms with Gasteiger partial charge in [0.2, 0.25) is 5.91 Å². The Labute approximate surface area is 144 Å².